The Morgan fingerprint density at radius 2 is 1.82 bits per heavy atom. The number of hydrogen-bond donors (Lipinski definition) is 1. The zero-order valence-electron chi connectivity index (χ0n) is 8.74. The maximum atomic E-state index is 11.6. The lowest BCUT2D eigenvalue weighted by Gasteiger charge is -2.02. The van der Waals surface area contributed by atoms with Crippen molar-refractivity contribution in [1.29, 1.82) is 0 Å². The summed E-state index contributed by atoms with van der Waals surface area (Å²) in [6.45, 7) is 0. The Balaban J connectivity index is 3.01. The van der Waals surface area contributed by atoms with E-state index in [1.165, 1.54) is 13.2 Å². The molecule has 0 aliphatic rings. The third-order valence-electron chi connectivity index (χ3n) is 1.88. The first kappa shape index (κ1) is 13.5. The van der Waals surface area contributed by atoms with Crippen molar-refractivity contribution in [2.45, 2.75) is 0 Å². The molecule has 0 unspecified atom stereocenters. The predicted octanol–water partition coefficient (Wildman–Crippen LogP) is 2.61. The van der Waals surface area contributed by atoms with E-state index < -0.39 is 11.8 Å². The van der Waals surface area contributed by atoms with Gasteiger partial charge < -0.3 is 9.84 Å². The number of carbonyl (C=O) groups is 2. The molecule has 90 valence electrons. The highest BCUT2D eigenvalue weighted by atomic mass is 35.5. The molecule has 0 aliphatic heterocycles. The summed E-state index contributed by atoms with van der Waals surface area (Å²) in [5.74, 6) is -1.55. The molecule has 0 saturated heterocycles. The molecular formula is C11H8Cl2O4. The quantitative estimate of drug-likeness (QED) is 0.523. The van der Waals surface area contributed by atoms with Gasteiger partial charge in [-0.15, -0.1) is 0 Å². The van der Waals surface area contributed by atoms with Gasteiger partial charge in [0.25, 0.3) is 0 Å². The second-order valence-corrected chi connectivity index (χ2v) is 3.82. The minimum absolute atomic E-state index is 0.0421. The maximum Gasteiger partial charge on any atom is 0.330 e. The van der Waals surface area contributed by atoms with Gasteiger partial charge in [-0.3, -0.25) is 4.79 Å². The van der Waals surface area contributed by atoms with Crippen molar-refractivity contribution >= 4 is 35.0 Å². The molecular weight excluding hydrogens is 267 g/mol. The van der Waals surface area contributed by atoms with Crippen LogP contribution in [0.3, 0.4) is 0 Å². The van der Waals surface area contributed by atoms with E-state index in [1.807, 2.05) is 0 Å². The Labute approximate surface area is 107 Å². The molecule has 0 fully saturated rings. The van der Waals surface area contributed by atoms with Crippen LogP contribution in [0.25, 0.3) is 0 Å². The molecule has 0 saturated carbocycles. The monoisotopic (exact) mass is 274 g/mol. The Morgan fingerprint density at radius 3 is 2.41 bits per heavy atom. The molecule has 0 aliphatic carbocycles. The van der Waals surface area contributed by atoms with Crippen LogP contribution in [-0.2, 0) is 9.53 Å². The van der Waals surface area contributed by atoms with Gasteiger partial charge in [-0.05, 0) is 12.1 Å². The average Bonchev–Trinajstić information content (AvgIpc) is 2.30. The summed E-state index contributed by atoms with van der Waals surface area (Å²) in [6, 6.07) is 2.38. The molecule has 1 aromatic carbocycles. The number of methoxy groups -OCH3 is 1. The fourth-order valence-electron chi connectivity index (χ4n) is 1.04. The van der Waals surface area contributed by atoms with Crippen molar-refractivity contribution in [2.75, 3.05) is 7.11 Å². The summed E-state index contributed by atoms with van der Waals surface area (Å²) in [4.78, 5) is 22.4. The van der Waals surface area contributed by atoms with Gasteiger partial charge in [0, 0.05) is 12.1 Å². The predicted molar refractivity (Wildman–Crippen MR) is 63.6 cm³/mol. The van der Waals surface area contributed by atoms with E-state index in [-0.39, 0.29) is 21.4 Å². The smallest absolute Gasteiger partial charge is 0.330 e. The van der Waals surface area contributed by atoms with Gasteiger partial charge in [-0.2, -0.15) is 0 Å². The fraction of sp³-hybridized carbons (Fsp3) is 0.0909. The Kier molecular flexibility index (Phi) is 4.54. The SMILES string of the molecule is COC(=O)/C=C/C(=O)c1cc(Cl)c(Cl)cc1O. The molecule has 4 nitrogen and oxygen atoms in total. The highest BCUT2D eigenvalue weighted by molar-refractivity contribution is 6.42. The van der Waals surface area contributed by atoms with Crippen LogP contribution in [0.5, 0.6) is 5.75 Å². The van der Waals surface area contributed by atoms with Crippen LogP contribution in [0.1, 0.15) is 10.4 Å². The number of rotatable bonds is 3. The third kappa shape index (κ3) is 3.47. The number of ether oxygens (including phenoxy) is 1. The molecule has 0 aromatic heterocycles. The summed E-state index contributed by atoms with van der Waals surface area (Å²) < 4.78 is 4.32. The van der Waals surface area contributed by atoms with Gasteiger partial charge in [0.05, 0.1) is 22.7 Å². The second-order valence-electron chi connectivity index (χ2n) is 3.00. The fourth-order valence-corrected chi connectivity index (χ4v) is 1.36. The van der Waals surface area contributed by atoms with Gasteiger partial charge in [0.2, 0.25) is 0 Å². The lowest BCUT2D eigenvalue weighted by atomic mass is 10.1. The molecule has 1 N–H and O–H groups in total. The van der Waals surface area contributed by atoms with Crippen LogP contribution in [0, 0.1) is 0 Å². The first-order chi connectivity index (χ1) is 7.95. The van der Waals surface area contributed by atoms with E-state index in [2.05, 4.69) is 4.74 Å². The number of allylic oxidation sites excluding steroid dienone is 1. The molecule has 1 aromatic rings. The van der Waals surface area contributed by atoms with Crippen molar-refractivity contribution in [2.24, 2.45) is 0 Å². The zero-order chi connectivity index (χ0) is 13.0. The van der Waals surface area contributed by atoms with Crippen LogP contribution in [0.15, 0.2) is 24.3 Å². The molecule has 6 heteroatoms. The van der Waals surface area contributed by atoms with E-state index in [0.29, 0.717) is 0 Å². The minimum Gasteiger partial charge on any atom is -0.507 e. The standard InChI is InChI=1S/C11H8Cl2O4/c1-17-11(16)3-2-9(14)6-4-7(12)8(13)5-10(6)15/h2-5,15H,1H3/b3-2+. The first-order valence-corrected chi connectivity index (χ1v) is 5.19. The van der Waals surface area contributed by atoms with E-state index in [0.717, 1.165) is 18.2 Å². The Hall–Kier alpha value is -1.52. The number of benzene rings is 1. The molecule has 0 bridgehead atoms. The summed E-state index contributed by atoms with van der Waals surface area (Å²) >= 11 is 11.4. The van der Waals surface area contributed by atoms with Crippen LogP contribution in [0.4, 0.5) is 0 Å². The van der Waals surface area contributed by atoms with Gasteiger partial charge in [-0.25, -0.2) is 4.79 Å². The topological polar surface area (TPSA) is 63.6 Å². The summed E-state index contributed by atoms with van der Waals surface area (Å²) in [5.41, 5.74) is -0.0421. The number of phenolic OH excluding ortho intramolecular Hbond substituents is 1. The number of ketones is 1. The van der Waals surface area contributed by atoms with E-state index in [4.69, 9.17) is 23.2 Å². The van der Waals surface area contributed by atoms with Gasteiger partial charge in [0.1, 0.15) is 5.75 Å². The molecule has 0 heterocycles. The van der Waals surface area contributed by atoms with E-state index in [1.54, 1.807) is 0 Å². The van der Waals surface area contributed by atoms with Crippen molar-refractivity contribution in [1.82, 2.24) is 0 Å². The van der Waals surface area contributed by atoms with Crippen molar-refractivity contribution in [3.8, 4) is 5.75 Å². The zero-order valence-corrected chi connectivity index (χ0v) is 10.2. The molecule has 0 radical (unpaired) electrons. The number of hydrogen-bond acceptors (Lipinski definition) is 4. The van der Waals surface area contributed by atoms with Crippen molar-refractivity contribution < 1.29 is 19.4 Å². The van der Waals surface area contributed by atoms with Crippen LogP contribution >= 0.6 is 23.2 Å². The molecule has 17 heavy (non-hydrogen) atoms. The number of esters is 1. The van der Waals surface area contributed by atoms with E-state index in [9.17, 15) is 14.7 Å². The van der Waals surface area contributed by atoms with Gasteiger partial charge >= 0.3 is 5.97 Å². The Bertz CT molecular complexity index is 494. The van der Waals surface area contributed by atoms with Crippen LogP contribution in [0.2, 0.25) is 10.0 Å². The van der Waals surface area contributed by atoms with Gasteiger partial charge in [0.15, 0.2) is 5.78 Å². The van der Waals surface area contributed by atoms with E-state index >= 15 is 0 Å². The molecule has 0 spiro atoms. The summed E-state index contributed by atoms with van der Waals surface area (Å²) in [5, 5.41) is 9.77. The summed E-state index contributed by atoms with van der Waals surface area (Å²) in [7, 11) is 1.19. The lowest BCUT2D eigenvalue weighted by Crippen LogP contribution is -1.99. The third-order valence-corrected chi connectivity index (χ3v) is 2.60. The molecule has 0 amide bonds. The lowest BCUT2D eigenvalue weighted by molar-refractivity contribution is -0.134. The molecule has 0 atom stereocenters. The normalized spacial score (nSPS) is 10.5. The minimum atomic E-state index is -0.669. The first-order valence-electron chi connectivity index (χ1n) is 4.44. The average molecular weight is 275 g/mol. The number of carbonyl (C=O) groups excluding carboxylic acids is 2. The van der Waals surface area contributed by atoms with Crippen molar-refractivity contribution in [3.63, 3.8) is 0 Å². The highest BCUT2D eigenvalue weighted by Gasteiger charge is 2.12. The van der Waals surface area contributed by atoms with Crippen LogP contribution < -0.4 is 0 Å². The number of halogens is 2. The summed E-state index contributed by atoms with van der Waals surface area (Å²) in [6.07, 6.45) is 1.93. The number of aromatic hydroxyl groups is 1. The number of phenols is 1. The Morgan fingerprint density at radius 1 is 1.24 bits per heavy atom. The molecule has 1 rings (SSSR count). The van der Waals surface area contributed by atoms with Gasteiger partial charge in [-0.1, -0.05) is 23.2 Å². The van der Waals surface area contributed by atoms with Crippen LogP contribution in [-0.4, -0.2) is 24.0 Å². The second kappa shape index (κ2) is 5.70. The maximum absolute atomic E-state index is 11.6. The highest BCUT2D eigenvalue weighted by Crippen LogP contribution is 2.30. The van der Waals surface area contributed by atoms with Crippen molar-refractivity contribution in [3.05, 3.63) is 39.9 Å². The largest absolute Gasteiger partial charge is 0.507 e.